The molecule has 0 radical (unpaired) electrons. The summed E-state index contributed by atoms with van der Waals surface area (Å²) in [5.41, 5.74) is 0. The Morgan fingerprint density at radius 3 is 2.61 bits per heavy atom. The maximum absolute atomic E-state index is 12.9. The van der Waals surface area contributed by atoms with Gasteiger partial charge in [0, 0.05) is 6.54 Å². The molecule has 0 saturated heterocycles. The first kappa shape index (κ1) is 15.2. The van der Waals surface area contributed by atoms with Gasteiger partial charge in [-0.2, -0.15) is 13.2 Å². The lowest BCUT2D eigenvalue weighted by Gasteiger charge is -2.16. The number of hydrogen-bond donors (Lipinski definition) is 1. The second kappa shape index (κ2) is 6.38. The van der Waals surface area contributed by atoms with Crippen LogP contribution in [0.2, 0.25) is 0 Å². The number of alkyl halides is 3. The summed E-state index contributed by atoms with van der Waals surface area (Å²) in [6, 6.07) is 4.06. The van der Waals surface area contributed by atoms with Gasteiger partial charge in [0.05, 0.1) is 11.0 Å². The van der Waals surface area contributed by atoms with Crippen LogP contribution >= 0.6 is 15.9 Å². The molecule has 0 aromatic heterocycles. The van der Waals surface area contributed by atoms with E-state index < -0.39 is 24.6 Å². The molecule has 18 heavy (non-hydrogen) atoms. The van der Waals surface area contributed by atoms with E-state index in [1.807, 2.05) is 0 Å². The maximum Gasteiger partial charge on any atom is 0.401 e. The summed E-state index contributed by atoms with van der Waals surface area (Å²) in [6.45, 7) is 0.614. The predicted octanol–water partition coefficient (Wildman–Crippen LogP) is 3.51. The predicted molar refractivity (Wildman–Crippen MR) is 63.1 cm³/mol. The van der Waals surface area contributed by atoms with Crippen molar-refractivity contribution in [2.45, 2.75) is 19.2 Å². The van der Waals surface area contributed by atoms with Gasteiger partial charge in [-0.25, -0.2) is 4.39 Å². The van der Waals surface area contributed by atoms with Crippen LogP contribution in [0.25, 0.3) is 0 Å². The third-order valence-electron chi connectivity index (χ3n) is 1.99. The summed E-state index contributed by atoms with van der Waals surface area (Å²) in [5, 5.41) is 2.24. The third-order valence-corrected chi connectivity index (χ3v) is 2.59. The minimum atomic E-state index is -4.24. The smallest absolute Gasteiger partial charge is 0.401 e. The lowest BCUT2D eigenvalue weighted by Crippen LogP contribution is -2.35. The van der Waals surface area contributed by atoms with Crippen molar-refractivity contribution >= 4 is 15.9 Å². The number of rotatable bonds is 5. The van der Waals surface area contributed by atoms with Crippen LogP contribution < -0.4 is 10.1 Å². The normalized spacial score (nSPS) is 13.4. The van der Waals surface area contributed by atoms with E-state index in [2.05, 4.69) is 21.2 Å². The van der Waals surface area contributed by atoms with E-state index >= 15 is 0 Å². The van der Waals surface area contributed by atoms with E-state index in [0.717, 1.165) is 0 Å². The number of halogens is 5. The first-order chi connectivity index (χ1) is 8.28. The van der Waals surface area contributed by atoms with Crippen molar-refractivity contribution in [1.29, 1.82) is 0 Å². The number of ether oxygens (including phenoxy) is 1. The molecular weight excluding hydrogens is 318 g/mol. The average molecular weight is 330 g/mol. The Morgan fingerprint density at radius 1 is 1.39 bits per heavy atom. The van der Waals surface area contributed by atoms with Crippen LogP contribution in [0.1, 0.15) is 6.92 Å². The number of benzene rings is 1. The van der Waals surface area contributed by atoms with Gasteiger partial charge >= 0.3 is 6.18 Å². The van der Waals surface area contributed by atoms with E-state index in [0.29, 0.717) is 5.75 Å². The molecule has 0 aliphatic carbocycles. The first-order valence-corrected chi connectivity index (χ1v) is 5.96. The van der Waals surface area contributed by atoms with Crippen LogP contribution in [-0.4, -0.2) is 25.4 Å². The zero-order valence-electron chi connectivity index (χ0n) is 9.52. The first-order valence-electron chi connectivity index (χ1n) is 5.17. The van der Waals surface area contributed by atoms with Gasteiger partial charge in [-0.05, 0) is 41.1 Å². The summed E-state index contributed by atoms with van der Waals surface area (Å²) >= 11 is 3.00. The fourth-order valence-electron chi connectivity index (χ4n) is 1.24. The summed E-state index contributed by atoms with van der Waals surface area (Å²) < 4.78 is 54.2. The van der Waals surface area contributed by atoms with Crippen LogP contribution in [0.15, 0.2) is 22.7 Å². The van der Waals surface area contributed by atoms with E-state index in [-0.39, 0.29) is 11.0 Å². The van der Waals surface area contributed by atoms with Gasteiger partial charge in [0.15, 0.2) is 0 Å². The highest BCUT2D eigenvalue weighted by atomic mass is 79.9. The number of nitrogens with one attached hydrogen (secondary N) is 1. The zero-order valence-corrected chi connectivity index (χ0v) is 11.1. The lowest BCUT2D eigenvalue weighted by atomic mass is 10.3. The molecule has 0 bridgehead atoms. The fraction of sp³-hybridized carbons (Fsp3) is 0.455. The van der Waals surface area contributed by atoms with Gasteiger partial charge in [-0.3, -0.25) is 0 Å². The highest BCUT2D eigenvalue weighted by Gasteiger charge is 2.26. The Hall–Kier alpha value is -0.820. The van der Waals surface area contributed by atoms with Gasteiger partial charge in [0.2, 0.25) is 0 Å². The molecular formula is C11H12BrF4NO. The van der Waals surface area contributed by atoms with E-state index in [1.165, 1.54) is 18.2 Å². The van der Waals surface area contributed by atoms with Crippen molar-refractivity contribution in [3.63, 3.8) is 0 Å². The molecule has 0 aliphatic heterocycles. The third kappa shape index (κ3) is 5.68. The largest absolute Gasteiger partial charge is 0.489 e. The molecule has 0 spiro atoms. The molecule has 102 valence electrons. The topological polar surface area (TPSA) is 21.3 Å². The van der Waals surface area contributed by atoms with Gasteiger partial charge in [-0.1, -0.05) is 0 Å². The Balaban J connectivity index is 2.40. The maximum atomic E-state index is 12.9. The highest BCUT2D eigenvalue weighted by molar-refractivity contribution is 9.10. The molecule has 1 atom stereocenters. The molecule has 0 fully saturated rings. The molecule has 1 rings (SSSR count). The summed E-state index contributed by atoms with van der Waals surface area (Å²) in [7, 11) is 0. The van der Waals surface area contributed by atoms with E-state index in [9.17, 15) is 17.6 Å². The molecule has 1 unspecified atom stereocenters. The second-order valence-corrected chi connectivity index (χ2v) is 4.60. The SMILES string of the molecule is CC(CNCC(F)(F)F)Oc1ccc(F)c(Br)c1. The van der Waals surface area contributed by atoms with Gasteiger partial charge in [-0.15, -0.1) is 0 Å². The van der Waals surface area contributed by atoms with Crippen molar-refractivity contribution in [2.75, 3.05) is 13.1 Å². The van der Waals surface area contributed by atoms with Gasteiger partial charge in [0.1, 0.15) is 17.7 Å². The van der Waals surface area contributed by atoms with Crippen LogP contribution in [0, 0.1) is 5.82 Å². The monoisotopic (exact) mass is 329 g/mol. The summed E-state index contributed by atoms with van der Waals surface area (Å²) in [6.07, 6.45) is -4.69. The van der Waals surface area contributed by atoms with Crippen LogP contribution in [-0.2, 0) is 0 Å². The fourth-order valence-corrected chi connectivity index (χ4v) is 1.60. The van der Waals surface area contributed by atoms with Crippen molar-refractivity contribution in [3.05, 3.63) is 28.5 Å². The molecule has 1 N–H and O–H groups in total. The molecule has 1 aromatic carbocycles. The van der Waals surface area contributed by atoms with Crippen LogP contribution in [0.4, 0.5) is 17.6 Å². The summed E-state index contributed by atoms with van der Waals surface area (Å²) in [5.74, 6) is -0.0326. The molecule has 1 aromatic rings. The Morgan fingerprint density at radius 2 is 2.06 bits per heavy atom. The Labute approximate surface area is 110 Å². The van der Waals surface area contributed by atoms with Gasteiger partial charge < -0.3 is 10.1 Å². The van der Waals surface area contributed by atoms with Crippen molar-refractivity contribution in [2.24, 2.45) is 0 Å². The van der Waals surface area contributed by atoms with Gasteiger partial charge in [0.25, 0.3) is 0 Å². The van der Waals surface area contributed by atoms with Crippen LogP contribution in [0.5, 0.6) is 5.75 Å². The van der Waals surface area contributed by atoms with Crippen molar-refractivity contribution in [3.8, 4) is 5.75 Å². The molecule has 7 heteroatoms. The van der Waals surface area contributed by atoms with E-state index in [4.69, 9.17) is 4.74 Å². The molecule has 0 aliphatic rings. The standard InChI is InChI=1S/C11H12BrF4NO/c1-7(5-17-6-11(14,15)16)18-8-2-3-10(13)9(12)4-8/h2-4,7,17H,5-6H2,1H3. The Kier molecular flexibility index (Phi) is 5.40. The van der Waals surface area contributed by atoms with Crippen molar-refractivity contribution in [1.82, 2.24) is 5.32 Å². The molecule has 2 nitrogen and oxygen atoms in total. The minimum absolute atomic E-state index is 0.0501. The number of hydrogen-bond acceptors (Lipinski definition) is 2. The highest BCUT2D eigenvalue weighted by Crippen LogP contribution is 2.22. The second-order valence-electron chi connectivity index (χ2n) is 3.75. The molecule has 0 heterocycles. The van der Waals surface area contributed by atoms with Crippen molar-refractivity contribution < 1.29 is 22.3 Å². The van der Waals surface area contributed by atoms with E-state index in [1.54, 1.807) is 6.92 Å². The summed E-state index contributed by atoms with van der Waals surface area (Å²) in [4.78, 5) is 0. The molecule has 0 amide bonds. The average Bonchev–Trinajstić information content (AvgIpc) is 2.21. The minimum Gasteiger partial charge on any atom is -0.489 e. The lowest BCUT2D eigenvalue weighted by molar-refractivity contribution is -0.125. The molecule has 0 saturated carbocycles. The van der Waals surface area contributed by atoms with Crippen LogP contribution in [0.3, 0.4) is 0 Å². The zero-order chi connectivity index (χ0) is 13.8. The quantitative estimate of drug-likeness (QED) is 0.835. The Bertz CT molecular complexity index is 397.